The molecule has 0 radical (unpaired) electrons. The fraction of sp³-hybridized carbons (Fsp3) is 0.607. The van der Waals surface area contributed by atoms with Crippen molar-refractivity contribution in [2.45, 2.75) is 213 Å². The van der Waals surface area contributed by atoms with Crippen LogP contribution in [0.15, 0.2) is 134 Å². The number of allylic oxidation sites excluding steroid dienone is 22. The standard InChI is InChI=1S/C61H100NO8P/c1-3-5-7-9-11-13-15-17-18-19-20-21-22-23-24-25-26-27-28-29-30-31-32-33-34-35-36-37-38-39-40-42-44-46-48-50-52-54-61(64)70-59(58-69-71(65,66)68-56-55-62)57-67-60(63)53-51-49-47-45-43-41-16-14-12-10-8-6-4-2/h5-8,11-14,17-18,20-21,23-24,26-27,29-30,41,43,47,49,59H,3-4,9-10,15-16,19,22,25,28,31-40,42,44-46,48,50-58,62H2,1-2H3,(H,65,66)/b7-5-,8-6-,13-11-,14-12-,18-17-,21-20-,24-23-,27-26-,30-29-,43-41-,49-47-. The van der Waals surface area contributed by atoms with Gasteiger partial charge in [0.15, 0.2) is 6.10 Å². The minimum absolute atomic E-state index is 0.0389. The fourth-order valence-corrected chi connectivity index (χ4v) is 7.81. The Kier molecular flexibility index (Phi) is 52.5. The topological polar surface area (TPSA) is 134 Å². The van der Waals surface area contributed by atoms with Crippen molar-refractivity contribution in [3.05, 3.63) is 134 Å². The van der Waals surface area contributed by atoms with Gasteiger partial charge >= 0.3 is 19.8 Å². The van der Waals surface area contributed by atoms with Gasteiger partial charge in [-0.3, -0.25) is 18.6 Å². The molecule has 0 aromatic rings. The number of esters is 2. The fourth-order valence-electron chi connectivity index (χ4n) is 7.04. The second-order valence-corrected chi connectivity index (χ2v) is 19.1. The lowest BCUT2D eigenvalue weighted by atomic mass is 10.0. The van der Waals surface area contributed by atoms with E-state index in [0.29, 0.717) is 12.8 Å². The summed E-state index contributed by atoms with van der Waals surface area (Å²) in [6.07, 6.45) is 78.3. The average molecular weight is 1010 g/mol. The first-order chi connectivity index (χ1) is 34.8. The number of carbonyl (C=O) groups is 2. The predicted octanol–water partition coefficient (Wildman–Crippen LogP) is 17.4. The second-order valence-electron chi connectivity index (χ2n) is 17.7. The molecule has 0 fully saturated rings. The van der Waals surface area contributed by atoms with E-state index in [1.807, 2.05) is 12.2 Å². The van der Waals surface area contributed by atoms with E-state index in [2.05, 4.69) is 135 Å². The monoisotopic (exact) mass is 1010 g/mol. The average Bonchev–Trinajstić information content (AvgIpc) is 3.36. The van der Waals surface area contributed by atoms with Crippen molar-refractivity contribution >= 4 is 19.8 Å². The summed E-state index contributed by atoms with van der Waals surface area (Å²) in [7, 11) is -4.40. The number of hydrogen-bond acceptors (Lipinski definition) is 8. The summed E-state index contributed by atoms with van der Waals surface area (Å²) >= 11 is 0. The molecule has 3 N–H and O–H groups in total. The van der Waals surface area contributed by atoms with E-state index in [9.17, 15) is 19.0 Å². The molecule has 0 saturated heterocycles. The lowest BCUT2D eigenvalue weighted by Gasteiger charge is -2.19. The van der Waals surface area contributed by atoms with Crippen LogP contribution in [-0.4, -0.2) is 49.3 Å². The van der Waals surface area contributed by atoms with Crippen LogP contribution in [0.2, 0.25) is 0 Å². The van der Waals surface area contributed by atoms with Crippen LogP contribution in [0, 0.1) is 0 Å². The molecule has 402 valence electrons. The summed E-state index contributed by atoms with van der Waals surface area (Å²) in [5.41, 5.74) is 5.36. The molecule has 71 heavy (non-hydrogen) atoms. The minimum Gasteiger partial charge on any atom is -0.462 e. The number of nitrogens with two attached hydrogens (primary N) is 1. The molecule has 0 saturated carbocycles. The summed E-state index contributed by atoms with van der Waals surface area (Å²) in [6.45, 7) is 3.41. The van der Waals surface area contributed by atoms with Crippen molar-refractivity contribution < 1.29 is 37.6 Å². The molecule has 0 bridgehead atoms. The van der Waals surface area contributed by atoms with E-state index < -0.39 is 32.5 Å². The van der Waals surface area contributed by atoms with Crippen molar-refractivity contribution in [2.75, 3.05) is 26.4 Å². The smallest absolute Gasteiger partial charge is 0.462 e. The first-order valence-electron chi connectivity index (χ1n) is 27.7. The lowest BCUT2D eigenvalue weighted by Crippen LogP contribution is -2.29. The second kappa shape index (κ2) is 55.5. The van der Waals surface area contributed by atoms with Gasteiger partial charge < -0.3 is 20.1 Å². The van der Waals surface area contributed by atoms with Gasteiger partial charge in [0.05, 0.1) is 13.2 Å². The van der Waals surface area contributed by atoms with Crippen molar-refractivity contribution in [1.29, 1.82) is 0 Å². The molecule has 0 heterocycles. The molecule has 0 rings (SSSR count). The molecule has 0 aromatic carbocycles. The van der Waals surface area contributed by atoms with Crippen LogP contribution in [0.5, 0.6) is 0 Å². The van der Waals surface area contributed by atoms with Crippen LogP contribution in [0.25, 0.3) is 0 Å². The summed E-state index contributed by atoms with van der Waals surface area (Å²) < 4.78 is 32.8. The zero-order valence-electron chi connectivity index (χ0n) is 44.7. The maximum atomic E-state index is 12.7. The molecule has 0 aromatic heterocycles. The van der Waals surface area contributed by atoms with Crippen LogP contribution in [0.3, 0.4) is 0 Å². The van der Waals surface area contributed by atoms with Crippen LogP contribution in [0.4, 0.5) is 0 Å². The molecule has 0 aliphatic rings. The van der Waals surface area contributed by atoms with Crippen LogP contribution < -0.4 is 5.73 Å². The molecular weight excluding hydrogens is 906 g/mol. The Hall–Kier alpha value is -3.85. The van der Waals surface area contributed by atoms with E-state index in [1.54, 1.807) is 0 Å². The zero-order chi connectivity index (χ0) is 51.7. The molecule has 0 aliphatic carbocycles. The maximum absolute atomic E-state index is 12.7. The first kappa shape index (κ1) is 67.1. The highest BCUT2D eigenvalue weighted by atomic mass is 31.2. The lowest BCUT2D eigenvalue weighted by molar-refractivity contribution is -0.161. The van der Waals surface area contributed by atoms with Crippen molar-refractivity contribution in [3.63, 3.8) is 0 Å². The van der Waals surface area contributed by atoms with Gasteiger partial charge in [0.25, 0.3) is 0 Å². The number of phosphoric ester groups is 1. The van der Waals surface area contributed by atoms with Gasteiger partial charge in [-0.1, -0.05) is 231 Å². The number of ether oxygens (including phenoxy) is 2. The number of unbranched alkanes of at least 4 members (excludes halogenated alkanes) is 15. The molecule has 0 spiro atoms. The van der Waals surface area contributed by atoms with E-state index >= 15 is 0 Å². The van der Waals surface area contributed by atoms with Gasteiger partial charge in [0.1, 0.15) is 6.61 Å². The minimum atomic E-state index is -4.40. The molecule has 0 aliphatic heterocycles. The van der Waals surface area contributed by atoms with Crippen LogP contribution in [0.1, 0.15) is 206 Å². The molecular formula is C61H100NO8P. The Bertz CT molecular complexity index is 1620. The third kappa shape index (κ3) is 55.3. The van der Waals surface area contributed by atoms with Gasteiger partial charge in [0, 0.05) is 19.4 Å². The van der Waals surface area contributed by atoms with E-state index in [0.717, 1.165) is 89.9 Å². The van der Waals surface area contributed by atoms with Gasteiger partial charge in [0.2, 0.25) is 0 Å². The summed E-state index contributed by atoms with van der Waals surface area (Å²) in [5, 5.41) is 0. The van der Waals surface area contributed by atoms with E-state index in [4.69, 9.17) is 24.3 Å². The third-order valence-corrected chi connectivity index (χ3v) is 12.0. The predicted molar refractivity (Wildman–Crippen MR) is 302 cm³/mol. The van der Waals surface area contributed by atoms with Gasteiger partial charge in [-0.15, -0.1) is 0 Å². The molecule has 2 unspecified atom stereocenters. The van der Waals surface area contributed by atoms with Crippen molar-refractivity contribution in [3.8, 4) is 0 Å². The van der Waals surface area contributed by atoms with Crippen molar-refractivity contribution in [2.24, 2.45) is 5.73 Å². The molecule has 0 amide bonds. The highest BCUT2D eigenvalue weighted by molar-refractivity contribution is 7.47. The number of carbonyl (C=O) groups excluding carboxylic acids is 2. The van der Waals surface area contributed by atoms with Crippen molar-refractivity contribution in [1.82, 2.24) is 0 Å². The van der Waals surface area contributed by atoms with Gasteiger partial charge in [-0.2, -0.15) is 0 Å². The molecule has 9 nitrogen and oxygen atoms in total. The van der Waals surface area contributed by atoms with Crippen LogP contribution >= 0.6 is 7.82 Å². The Balaban J connectivity index is 3.94. The Labute approximate surface area is 434 Å². The van der Waals surface area contributed by atoms with E-state index in [1.165, 1.54) is 77.0 Å². The molecule has 2 atom stereocenters. The van der Waals surface area contributed by atoms with Gasteiger partial charge in [-0.25, -0.2) is 4.57 Å². The van der Waals surface area contributed by atoms with Crippen LogP contribution in [-0.2, 0) is 32.7 Å². The number of rotatable bonds is 50. The maximum Gasteiger partial charge on any atom is 0.472 e. The quantitative estimate of drug-likeness (QED) is 0.0264. The summed E-state index contributed by atoms with van der Waals surface area (Å²) in [6, 6.07) is 0. The molecule has 10 heteroatoms. The van der Waals surface area contributed by atoms with Gasteiger partial charge in [-0.05, 0) is 96.3 Å². The normalized spacial score (nSPS) is 14.1. The Morgan fingerprint density at radius 2 is 0.761 bits per heavy atom. The van der Waals surface area contributed by atoms with E-state index in [-0.39, 0.29) is 32.6 Å². The SMILES string of the molecule is CC/C=C\C/C=C\C/C=C\C/C=C\C/C=C\C/C=C\C/C=C\CCCCCCCCCCCCCCCCCC(=O)OC(COC(=O)CC/C=C\C/C=C\C/C=C\C/C=C\CC)COP(=O)(O)OCCN. The third-order valence-electron chi connectivity index (χ3n) is 11.0. The Morgan fingerprint density at radius 1 is 0.423 bits per heavy atom. The largest absolute Gasteiger partial charge is 0.472 e. The number of hydrogen-bond donors (Lipinski definition) is 2. The first-order valence-corrected chi connectivity index (χ1v) is 29.2. The summed E-state index contributed by atoms with van der Waals surface area (Å²) in [4.78, 5) is 35.0. The number of phosphoric acid groups is 1. The zero-order valence-corrected chi connectivity index (χ0v) is 45.5. The highest BCUT2D eigenvalue weighted by Crippen LogP contribution is 2.43. The highest BCUT2D eigenvalue weighted by Gasteiger charge is 2.26. The summed E-state index contributed by atoms with van der Waals surface area (Å²) in [5.74, 6) is -0.930. The Morgan fingerprint density at radius 3 is 1.14 bits per heavy atom.